The highest BCUT2D eigenvalue weighted by Crippen LogP contribution is 2.38. The van der Waals surface area contributed by atoms with E-state index in [1.54, 1.807) is 6.92 Å². The van der Waals surface area contributed by atoms with E-state index in [0.717, 1.165) is 21.3 Å². The molecular formula is C22H23N3O2S. The van der Waals surface area contributed by atoms with E-state index in [4.69, 9.17) is 0 Å². The number of nitrogens with one attached hydrogen (secondary N) is 1. The first kappa shape index (κ1) is 18.6. The number of hydrogen-bond acceptors (Lipinski definition) is 4. The number of carbonyl (C=O) groups is 2. The number of aromatic nitrogens is 1. The van der Waals surface area contributed by atoms with Crippen LogP contribution in [0.2, 0.25) is 0 Å². The van der Waals surface area contributed by atoms with Gasteiger partial charge in [-0.1, -0.05) is 53.8 Å². The molecule has 2 amide bonds. The van der Waals surface area contributed by atoms with Gasteiger partial charge in [0.25, 0.3) is 0 Å². The molecule has 3 aromatic rings. The van der Waals surface area contributed by atoms with Gasteiger partial charge >= 0.3 is 0 Å². The highest BCUT2D eigenvalue weighted by Gasteiger charge is 2.43. The second-order valence-electron chi connectivity index (χ2n) is 7.35. The van der Waals surface area contributed by atoms with Gasteiger partial charge in [0.1, 0.15) is 0 Å². The number of thiazole rings is 1. The normalized spacial score (nSPS) is 16.1. The molecular weight excluding hydrogens is 370 g/mol. The maximum absolute atomic E-state index is 13.5. The van der Waals surface area contributed by atoms with Crippen LogP contribution in [0, 0.1) is 6.92 Å². The van der Waals surface area contributed by atoms with Crippen LogP contribution in [0.25, 0.3) is 10.2 Å². The van der Waals surface area contributed by atoms with Gasteiger partial charge in [0, 0.05) is 20.0 Å². The summed E-state index contributed by atoms with van der Waals surface area (Å²) in [5.74, 6) is 0.0160. The van der Waals surface area contributed by atoms with Crippen molar-refractivity contribution in [2.45, 2.75) is 32.1 Å². The van der Waals surface area contributed by atoms with E-state index in [1.165, 1.54) is 11.3 Å². The quantitative estimate of drug-likeness (QED) is 0.728. The summed E-state index contributed by atoms with van der Waals surface area (Å²) in [6.07, 6.45) is 1.21. The molecule has 1 fully saturated rings. The lowest BCUT2D eigenvalue weighted by Gasteiger charge is -2.40. The maximum Gasteiger partial charge on any atom is 0.236 e. The van der Waals surface area contributed by atoms with Crippen molar-refractivity contribution in [1.82, 2.24) is 9.88 Å². The molecule has 144 valence electrons. The fourth-order valence-electron chi connectivity index (χ4n) is 3.96. The number of benzene rings is 2. The number of carbonyl (C=O) groups excluding carboxylic acids is 2. The lowest BCUT2D eigenvalue weighted by molar-refractivity contribution is -0.133. The van der Waals surface area contributed by atoms with Crippen molar-refractivity contribution in [2.75, 3.05) is 18.4 Å². The number of anilines is 1. The summed E-state index contributed by atoms with van der Waals surface area (Å²) in [6.45, 7) is 4.77. The van der Waals surface area contributed by atoms with E-state index in [1.807, 2.05) is 60.4 Å². The Balaban J connectivity index is 1.65. The van der Waals surface area contributed by atoms with Crippen LogP contribution in [0.4, 0.5) is 5.13 Å². The Bertz CT molecular complexity index is 1020. The summed E-state index contributed by atoms with van der Waals surface area (Å²) >= 11 is 1.50. The van der Waals surface area contributed by atoms with E-state index < -0.39 is 5.41 Å². The van der Waals surface area contributed by atoms with E-state index >= 15 is 0 Å². The van der Waals surface area contributed by atoms with Crippen LogP contribution in [-0.4, -0.2) is 34.8 Å². The van der Waals surface area contributed by atoms with Crippen LogP contribution < -0.4 is 5.32 Å². The Morgan fingerprint density at radius 2 is 1.79 bits per heavy atom. The molecule has 1 aliphatic heterocycles. The van der Waals surface area contributed by atoms with Crippen LogP contribution in [0.1, 0.15) is 30.9 Å². The molecule has 0 aliphatic carbocycles. The van der Waals surface area contributed by atoms with Crippen molar-refractivity contribution >= 4 is 38.5 Å². The molecule has 6 heteroatoms. The maximum atomic E-state index is 13.5. The molecule has 2 aromatic carbocycles. The van der Waals surface area contributed by atoms with Crippen LogP contribution in [0.3, 0.4) is 0 Å². The Morgan fingerprint density at radius 3 is 2.43 bits per heavy atom. The fourth-order valence-corrected chi connectivity index (χ4v) is 4.90. The number of nitrogens with zero attached hydrogens (tertiary/aromatic N) is 2. The molecule has 5 nitrogen and oxygen atoms in total. The predicted octanol–water partition coefficient (Wildman–Crippen LogP) is 4.12. The topological polar surface area (TPSA) is 62.3 Å². The zero-order valence-electron chi connectivity index (χ0n) is 16.1. The first-order valence-corrected chi connectivity index (χ1v) is 10.3. The molecule has 1 aromatic heterocycles. The average Bonchev–Trinajstić information content (AvgIpc) is 3.12. The van der Waals surface area contributed by atoms with Gasteiger partial charge in [0.05, 0.1) is 15.6 Å². The van der Waals surface area contributed by atoms with Gasteiger partial charge in [-0.2, -0.15) is 0 Å². The zero-order chi connectivity index (χ0) is 19.7. The van der Waals surface area contributed by atoms with E-state index in [2.05, 4.69) is 10.3 Å². The van der Waals surface area contributed by atoms with Gasteiger partial charge in [0.2, 0.25) is 11.8 Å². The van der Waals surface area contributed by atoms with Crippen molar-refractivity contribution in [2.24, 2.45) is 0 Å². The highest BCUT2D eigenvalue weighted by molar-refractivity contribution is 7.22. The molecule has 4 rings (SSSR count). The van der Waals surface area contributed by atoms with Crippen molar-refractivity contribution in [3.05, 3.63) is 59.7 Å². The zero-order valence-corrected chi connectivity index (χ0v) is 16.9. The first-order valence-electron chi connectivity index (χ1n) is 9.48. The predicted molar refractivity (Wildman–Crippen MR) is 113 cm³/mol. The summed E-state index contributed by atoms with van der Waals surface area (Å²) in [5.41, 5.74) is 2.37. The monoisotopic (exact) mass is 393 g/mol. The summed E-state index contributed by atoms with van der Waals surface area (Å²) < 4.78 is 1.07. The average molecular weight is 394 g/mol. The molecule has 1 saturated heterocycles. The number of likely N-dealkylation sites (tertiary alicyclic amines) is 1. The second kappa shape index (κ2) is 7.36. The minimum atomic E-state index is -0.653. The van der Waals surface area contributed by atoms with Crippen LogP contribution in [0.5, 0.6) is 0 Å². The van der Waals surface area contributed by atoms with E-state index in [-0.39, 0.29) is 11.8 Å². The third-order valence-electron chi connectivity index (χ3n) is 5.66. The van der Waals surface area contributed by atoms with Crippen LogP contribution in [-0.2, 0) is 15.0 Å². The summed E-state index contributed by atoms with van der Waals surface area (Å²) in [5, 5.41) is 3.70. The highest BCUT2D eigenvalue weighted by atomic mass is 32.1. The smallest absolute Gasteiger partial charge is 0.236 e. The molecule has 0 spiro atoms. The molecule has 0 unspecified atom stereocenters. The Labute approximate surface area is 168 Å². The Hall–Kier alpha value is -2.73. The summed E-state index contributed by atoms with van der Waals surface area (Å²) in [7, 11) is 0. The van der Waals surface area contributed by atoms with Gasteiger partial charge in [-0.3, -0.25) is 9.59 Å². The minimum Gasteiger partial charge on any atom is -0.343 e. The molecule has 2 heterocycles. The minimum absolute atomic E-state index is 0.0430. The molecule has 0 saturated carbocycles. The molecule has 28 heavy (non-hydrogen) atoms. The Kier molecular flexibility index (Phi) is 4.89. The van der Waals surface area contributed by atoms with Crippen LogP contribution >= 0.6 is 11.3 Å². The van der Waals surface area contributed by atoms with Crippen molar-refractivity contribution in [3.8, 4) is 0 Å². The largest absolute Gasteiger partial charge is 0.343 e. The molecule has 0 atom stereocenters. The van der Waals surface area contributed by atoms with Gasteiger partial charge in [-0.05, 0) is 37.0 Å². The molecule has 1 aliphatic rings. The summed E-state index contributed by atoms with van der Waals surface area (Å²) in [4.78, 5) is 31.7. The number of fused-ring (bicyclic) bond motifs is 1. The number of para-hydroxylation sites is 1. The summed E-state index contributed by atoms with van der Waals surface area (Å²) in [6, 6.07) is 15.9. The molecule has 0 bridgehead atoms. The number of aryl methyl sites for hydroxylation is 1. The van der Waals surface area contributed by atoms with Gasteiger partial charge in [-0.15, -0.1) is 0 Å². The lowest BCUT2D eigenvalue weighted by Crippen LogP contribution is -2.50. The first-order chi connectivity index (χ1) is 13.5. The van der Waals surface area contributed by atoms with Gasteiger partial charge in [0.15, 0.2) is 5.13 Å². The number of rotatable bonds is 3. The van der Waals surface area contributed by atoms with Crippen molar-refractivity contribution in [3.63, 3.8) is 0 Å². The van der Waals surface area contributed by atoms with E-state index in [9.17, 15) is 9.59 Å². The number of amides is 2. The standard InChI is InChI=1S/C22H23N3O2S/c1-15-7-6-10-18-19(15)23-21(28-18)24-20(27)22(17-8-4-3-5-9-17)11-13-25(14-12-22)16(2)26/h3-10H,11-14H2,1-2H3,(H,23,24,27). The van der Waals surface area contributed by atoms with Crippen molar-refractivity contribution < 1.29 is 9.59 Å². The Morgan fingerprint density at radius 1 is 1.07 bits per heavy atom. The molecule has 0 radical (unpaired) electrons. The van der Waals surface area contributed by atoms with Crippen LogP contribution in [0.15, 0.2) is 48.5 Å². The van der Waals surface area contributed by atoms with Gasteiger partial charge in [-0.25, -0.2) is 4.98 Å². The number of piperidine rings is 1. The third-order valence-corrected chi connectivity index (χ3v) is 6.60. The number of hydrogen-bond donors (Lipinski definition) is 1. The third kappa shape index (κ3) is 3.29. The van der Waals surface area contributed by atoms with Crippen molar-refractivity contribution in [1.29, 1.82) is 0 Å². The van der Waals surface area contributed by atoms with E-state index in [0.29, 0.717) is 31.1 Å². The molecule has 1 N–H and O–H groups in total. The lowest BCUT2D eigenvalue weighted by atomic mass is 9.72. The SMILES string of the molecule is CC(=O)N1CCC(C(=O)Nc2nc3c(C)cccc3s2)(c2ccccc2)CC1. The fraction of sp³-hybridized carbons (Fsp3) is 0.318. The second-order valence-corrected chi connectivity index (χ2v) is 8.38. The van der Waals surface area contributed by atoms with Gasteiger partial charge < -0.3 is 10.2 Å².